The average Bonchev–Trinajstić information content (AvgIpc) is 2.59. The fourth-order valence-corrected chi connectivity index (χ4v) is 2.98. The Labute approximate surface area is 145 Å². The molecule has 8 heteroatoms. The molecular weight excluding hydrogens is 346 g/mol. The van der Waals surface area contributed by atoms with E-state index < -0.39 is 16.0 Å². The van der Waals surface area contributed by atoms with Crippen LogP contribution in [0.5, 0.6) is 5.75 Å². The number of benzene rings is 2. The molecule has 0 radical (unpaired) electrons. The van der Waals surface area contributed by atoms with Gasteiger partial charge >= 0.3 is 5.97 Å². The van der Waals surface area contributed by atoms with Crippen molar-refractivity contribution in [3.63, 3.8) is 0 Å². The van der Waals surface area contributed by atoms with E-state index in [0.717, 1.165) is 0 Å². The molecule has 0 saturated heterocycles. The van der Waals surface area contributed by atoms with Crippen molar-refractivity contribution in [1.82, 2.24) is 0 Å². The molecule has 0 heterocycles. The van der Waals surface area contributed by atoms with E-state index in [1.54, 1.807) is 18.2 Å². The van der Waals surface area contributed by atoms with E-state index in [0.29, 0.717) is 17.0 Å². The van der Waals surface area contributed by atoms with Crippen LogP contribution < -0.4 is 9.46 Å². The summed E-state index contributed by atoms with van der Waals surface area (Å²) in [6.07, 6.45) is 0. The quantitative estimate of drug-likeness (QED) is 0.598. The lowest BCUT2D eigenvalue weighted by Gasteiger charge is -2.10. The van der Waals surface area contributed by atoms with E-state index in [9.17, 15) is 18.0 Å². The summed E-state index contributed by atoms with van der Waals surface area (Å²) in [5.41, 5.74) is 0.700. The Morgan fingerprint density at radius 3 is 2.36 bits per heavy atom. The number of Topliss-reactive ketones (excluding diaryl/α,β-unsaturated/α-hetero) is 1. The Bertz CT molecular complexity index is 874. The van der Waals surface area contributed by atoms with E-state index in [-0.39, 0.29) is 17.3 Å². The van der Waals surface area contributed by atoms with E-state index in [2.05, 4.69) is 9.46 Å². The SMILES string of the molecule is COC(=O)COc1ccc(S(=O)(=O)Nc2cccc(C(C)=O)c2)cc1. The third kappa shape index (κ3) is 5.05. The van der Waals surface area contributed by atoms with Crippen LogP contribution in [0, 0.1) is 0 Å². The number of carbonyl (C=O) groups is 2. The van der Waals surface area contributed by atoms with E-state index in [4.69, 9.17) is 4.74 Å². The Morgan fingerprint density at radius 2 is 1.76 bits per heavy atom. The molecular formula is C17H17NO6S. The zero-order valence-corrected chi connectivity index (χ0v) is 14.5. The second-order valence-corrected chi connectivity index (χ2v) is 6.76. The lowest BCUT2D eigenvalue weighted by molar-refractivity contribution is -0.142. The molecule has 0 unspecified atom stereocenters. The minimum Gasteiger partial charge on any atom is -0.482 e. The van der Waals surface area contributed by atoms with Crippen LogP contribution in [-0.4, -0.2) is 33.9 Å². The molecule has 0 aromatic heterocycles. The lowest BCUT2D eigenvalue weighted by Crippen LogP contribution is -2.14. The zero-order chi connectivity index (χ0) is 18.4. The number of carbonyl (C=O) groups excluding carboxylic acids is 2. The molecule has 2 rings (SSSR count). The molecule has 2 aromatic carbocycles. The average molecular weight is 363 g/mol. The Morgan fingerprint density at radius 1 is 1.08 bits per heavy atom. The highest BCUT2D eigenvalue weighted by atomic mass is 32.2. The fourth-order valence-electron chi connectivity index (χ4n) is 1.93. The van der Waals surface area contributed by atoms with Gasteiger partial charge in [-0.3, -0.25) is 9.52 Å². The minimum absolute atomic E-state index is 0.0196. The summed E-state index contributed by atoms with van der Waals surface area (Å²) >= 11 is 0. The molecule has 0 saturated carbocycles. The van der Waals surface area contributed by atoms with Crippen LogP contribution in [0.4, 0.5) is 5.69 Å². The molecule has 0 spiro atoms. The van der Waals surface area contributed by atoms with Crippen LogP contribution in [0.1, 0.15) is 17.3 Å². The van der Waals surface area contributed by atoms with Crippen molar-refractivity contribution in [2.45, 2.75) is 11.8 Å². The van der Waals surface area contributed by atoms with Gasteiger partial charge in [0.15, 0.2) is 12.4 Å². The monoisotopic (exact) mass is 363 g/mol. The van der Waals surface area contributed by atoms with Gasteiger partial charge in [0.25, 0.3) is 10.0 Å². The third-order valence-corrected chi connectivity index (χ3v) is 4.64. The van der Waals surface area contributed by atoms with Gasteiger partial charge in [0.05, 0.1) is 12.0 Å². The molecule has 0 fully saturated rings. The van der Waals surface area contributed by atoms with Crippen molar-refractivity contribution in [3.05, 3.63) is 54.1 Å². The van der Waals surface area contributed by atoms with E-state index in [1.807, 2.05) is 0 Å². The Balaban J connectivity index is 2.12. The first-order chi connectivity index (χ1) is 11.8. The maximum absolute atomic E-state index is 12.4. The van der Waals surface area contributed by atoms with Gasteiger partial charge in [-0.1, -0.05) is 12.1 Å². The molecule has 0 aliphatic carbocycles. The van der Waals surface area contributed by atoms with Crippen LogP contribution in [0.3, 0.4) is 0 Å². The van der Waals surface area contributed by atoms with E-state index >= 15 is 0 Å². The second-order valence-electron chi connectivity index (χ2n) is 5.08. The summed E-state index contributed by atoms with van der Waals surface area (Å²) in [6, 6.07) is 11.8. The van der Waals surface area contributed by atoms with Crippen LogP contribution in [0.15, 0.2) is 53.4 Å². The highest BCUT2D eigenvalue weighted by molar-refractivity contribution is 7.92. The summed E-state index contributed by atoms with van der Waals surface area (Å²) in [4.78, 5) is 22.4. The first kappa shape index (κ1) is 18.5. The maximum Gasteiger partial charge on any atom is 0.343 e. The van der Waals surface area contributed by atoms with Gasteiger partial charge in [-0.25, -0.2) is 13.2 Å². The summed E-state index contributed by atoms with van der Waals surface area (Å²) in [5, 5.41) is 0. The standard InChI is InChI=1S/C17H17NO6S/c1-12(19)13-4-3-5-14(10-13)18-25(21,22)16-8-6-15(7-9-16)24-11-17(20)23-2/h3-10,18H,11H2,1-2H3. The number of hydrogen-bond acceptors (Lipinski definition) is 6. The second kappa shape index (κ2) is 7.80. The number of anilines is 1. The van der Waals surface area contributed by atoms with Gasteiger partial charge in [0.1, 0.15) is 5.75 Å². The molecule has 7 nitrogen and oxygen atoms in total. The Kier molecular flexibility index (Phi) is 5.76. The highest BCUT2D eigenvalue weighted by Crippen LogP contribution is 2.20. The number of sulfonamides is 1. The Hall–Kier alpha value is -2.87. The normalized spacial score (nSPS) is 10.8. The molecule has 0 bridgehead atoms. The third-order valence-electron chi connectivity index (χ3n) is 3.24. The first-order valence-electron chi connectivity index (χ1n) is 7.25. The molecule has 0 atom stereocenters. The summed E-state index contributed by atoms with van der Waals surface area (Å²) < 4.78 is 36.8. The summed E-state index contributed by atoms with van der Waals surface area (Å²) in [5.74, 6) is -0.361. The molecule has 25 heavy (non-hydrogen) atoms. The number of nitrogens with one attached hydrogen (secondary N) is 1. The van der Waals surface area contributed by atoms with Gasteiger partial charge < -0.3 is 9.47 Å². The van der Waals surface area contributed by atoms with Crippen molar-refractivity contribution in [1.29, 1.82) is 0 Å². The van der Waals surface area contributed by atoms with Crippen LogP contribution in [0.2, 0.25) is 0 Å². The van der Waals surface area contributed by atoms with E-state index in [1.165, 1.54) is 44.4 Å². The number of hydrogen-bond donors (Lipinski definition) is 1. The zero-order valence-electron chi connectivity index (χ0n) is 13.7. The highest BCUT2D eigenvalue weighted by Gasteiger charge is 2.15. The van der Waals surface area contributed by atoms with Crippen molar-refractivity contribution < 1.29 is 27.5 Å². The van der Waals surface area contributed by atoms with Crippen LogP contribution in [0.25, 0.3) is 0 Å². The number of esters is 1. The van der Waals surface area contributed by atoms with Gasteiger partial charge in [-0.05, 0) is 43.3 Å². The topological polar surface area (TPSA) is 98.8 Å². The molecule has 132 valence electrons. The maximum atomic E-state index is 12.4. The fraction of sp³-hybridized carbons (Fsp3) is 0.176. The number of ether oxygens (including phenoxy) is 2. The number of rotatable bonds is 7. The van der Waals surface area contributed by atoms with Gasteiger partial charge in [-0.2, -0.15) is 0 Å². The smallest absolute Gasteiger partial charge is 0.343 e. The molecule has 0 amide bonds. The predicted molar refractivity (Wildman–Crippen MR) is 91.2 cm³/mol. The van der Waals surface area contributed by atoms with Gasteiger partial charge in [0, 0.05) is 11.3 Å². The summed E-state index contributed by atoms with van der Waals surface area (Å²) in [7, 11) is -2.57. The largest absolute Gasteiger partial charge is 0.482 e. The van der Waals surface area contributed by atoms with Gasteiger partial charge in [-0.15, -0.1) is 0 Å². The van der Waals surface area contributed by atoms with Gasteiger partial charge in [0.2, 0.25) is 0 Å². The minimum atomic E-state index is -3.82. The van der Waals surface area contributed by atoms with Crippen LogP contribution >= 0.6 is 0 Å². The predicted octanol–water partition coefficient (Wildman–Crippen LogP) is 2.24. The van der Waals surface area contributed by atoms with Crippen molar-refractivity contribution in [2.24, 2.45) is 0 Å². The number of ketones is 1. The molecule has 1 N–H and O–H groups in total. The first-order valence-corrected chi connectivity index (χ1v) is 8.73. The molecule has 2 aromatic rings. The van der Waals surface area contributed by atoms with Crippen LogP contribution in [-0.2, 0) is 19.6 Å². The van der Waals surface area contributed by atoms with Crippen molar-refractivity contribution in [3.8, 4) is 5.75 Å². The summed E-state index contributed by atoms with van der Waals surface area (Å²) in [6.45, 7) is 1.14. The lowest BCUT2D eigenvalue weighted by atomic mass is 10.1. The molecule has 0 aliphatic heterocycles. The van der Waals surface area contributed by atoms with Crippen molar-refractivity contribution >= 4 is 27.5 Å². The van der Waals surface area contributed by atoms with Crippen molar-refractivity contribution in [2.75, 3.05) is 18.4 Å². The number of methoxy groups -OCH3 is 1. The molecule has 0 aliphatic rings.